The third-order valence-electron chi connectivity index (χ3n) is 4.90. The first kappa shape index (κ1) is 19.5. The zero-order valence-electron chi connectivity index (χ0n) is 16.3. The summed E-state index contributed by atoms with van der Waals surface area (Å²) < 4.78 is 20.2. The molecule has 2 heterocycles. The van der Waals surface area contributed by atoms with Gasteiger partial charge in [-0.05, 0) is 72.1 Å². The highest BCUT2D eigenvalue weighted by atomic mass is 79.9. The third-order valence-corrected chi connectivity index (χ3v) is 5.55. The molecule has 0 aliphatic carbocycles. The Kier molecular flexibility index (Phi) is 4.57. The molecule has 1 aromatic carbocycles. The Morgan fingerprint density at radius 1 is 1.15 bits per heavy atom. The van der Waals surface area contributed by atoms with E-state index in [0.29, 0.717) is 0 Å². The first-order valence-corrected chi connectivity index (χ1v) is 9.49. The lowest BCUT2D eigenvalue weighted by Gasteiger charge is -2.32. The van der Waals surface area contributed by atoms with E-state index < -0.39 is 30.0 Å². The van der Waals surface area contributed by atoms with Crippen LogP contribution in [0.15, 0.2) is 28.9 Å². The lowest BCUT2D eigenvalue weighted by molar-refractivity contribution is 0.00578. The number of rotatable bonds is 1. The summed E-state index contributed by atoms with van der Waals surface area (Å²) in [5, 5.41) is 0.927. The quantitative estimate of drug-likeness (QED) is 0.636. The molecule has 5 nitrogen and oxygen atoms in total. The summed E-state index contributed by atoms with van der Waals surface area (Å²) in [5.74, 6) is 0. The standard InChI is InChI=1S/C19H25BBrNO4/c1-17(2,3)24-16(23)22-9-8-13-14(21)10-12(11-15(13)22)20-25-18(4,5)19(6,7)26-20/h8-11H,1-7H3. The lowest BCUT2D eigenvalue weighted by Crippen LogP contribution is -2.41. The highest BCUT2D eigenvalue weighted by Gasteiger charge is 2.51. The number of fused-ring (bicyclic) bond motifs is 1. The van der Waals surface area contributed by atoms with Gasteiger partial charge in [0.25, 0.3) is 0 Å². The predicted octanol–water partition coefficient (Wildman–Crippen LogP) is 4.49. The Bertz CT molecular complexity index is 850. The molecule has 7 heteroatoms. The first-order chi connectivity index (χ1) is 11.8. The zero-order chi connectivity index (χ0) is 19.5. The molecule has 0 amide bonds. The van der Waals surface area contributed by atoms with E-state index in [1.54, 1.807) is 6.20 Å². The summed E-state index contributed by atoms with van der Waals surface area (Å²) in [6, 6.07) is 5.79. The Morgan fingerprint density at radius 2 is 1.73 bits per heavy atom. The SMILES string of the molecule is CC(C)(C)OC(=O)n1ccc2c(Br)cc(B3OC(C)(C)C(C)(C)O3)cc21. The number of hydrogen-bond acceptors (Lipinski definition) is 4. The van der Waals surface area contributed by atoms with Gasteiger partial charge in [0.1, 0.15) is 5.60 Å². The number of carbonyl (C=O) groups excluding carboxylic acids is 1. The van der Waals surface area contributed by atoms with Crippen LogP contribution in [-0.2, 0) is 14.0 Å². The van der Waals surface area contributed by atoms with Crippen molar-refractivity contribution in [3.63, 3.8) is 0 Å². The van der Waals surface area contributed by atoms with Crippen molar-refractivity contribution in [2.24, 2.45) is 0 Å². The number of hydrogen-bond donors (Lipinski definition) is 0. The molecule has 1 fully saturated rings. The molecule has 0 unspecified atom stereocenters. The number of carbonyl (C=O) groups is 1. The topological polar surface area (TPSA) is 49.7 Å². The molecule has 3 rings (SSSR count). The van der Waals surface area contributed by atoms with Crippen LogP contribution in [0.3, 0.4) is 0 Å². The number of benzene rings is 1. The van der Waals surface area contributed by atoms with Crippen molar-refractivity contribution in [1.29, 1.82) is 0 Å². The molecule has 0 spiro atoms. The maximum atomic E-state index is 12.5. The maximum absolute atomic E-state index is 12.5. The number of halogens is 1. The van der Waals surface area contributed by atoms with Crippen LogP contribution in [0.2, 0.25) is 0 Å². The van der Waals surface area contributed by atoms with E-state index in [4.69, 9.17) is 14.0 Å². The van der Waals surface area contributed by atoms with Crippen molar-refractivity contribution >= 4 is 45.5 Å². The molecule has 1 aliphatic rings. The number of nitrogens with zero attached hydrogens (tertiary/aromatic N) is 1. The van der Waals surface area contributed by atoms with Gasteiger partial charge in [0, 0.05) is 16.1 Å². The van der Waals surface area contributed by atoms with Crippen LogP contribution in [0.4, 0.5) is 4.79 Å². The third kappa shape index (κ3) is 3.44. The van der Waals surface area contributed by atoms with E-state index in [0.717, 1.165) is 20.8 Å². The van der Waals surface area contributed by atoms with E-state index in [1.165, 1.54) is 4.57 Å². The van der Waals surface area contributed by atoms with Crippen molar-refractivity contribution in [3.05, 3.63) is 28.9 Å². The van der Waals surface area contributed by atoms with Gasteiger partial charge in [0.05, 0.1) is 16.7 Å². The highest BCUT2D eigenvalue weighted by Crippen LogP contribution is 2.37. The van der Waals surface area contributed by atoms with E-state index in [-0.39, 0.29) is 0 Å². The van der Waals surface area contributed by atoms with Crippen LogP contribution in [0.1, 0.15) is 48.5 Å². The molecule has 1 aliphatic heterocycles. The van der Waals surface area contributed by atoms with Crippen molar-refractivity contribution in [2.75, 3.05) is 0 Å². The second-order valence-corrected chi connectivity index (χ2v) is 9.54. The average molecular weight is 422 g/mol. The molecule has 0 radical (unpaired) electrons. The summed E-state index contributed by atoms with van der Waals surface area (Å²) in [5.41, 5.74) is 0.192. The minimum Gasteiger partial charge on any atom is -0.443 e. The predicted molar refractivity (Wildman–Crippen MR) is 107 cm³/mol. The molecule has 26 heavy (non-hydrogen) atoms. The molecule has 1 aromatic heterocycles. The van der Waals surface area contributed by atoms with Gasteiger partial charge in [0.2, 0.25) is 0 Å². The van der Waals surface area contributed by atoms with Crippen LogP contribution in [0.25, 0.3) is 10.9 Å². The van der Waals surface area contributed by atoms with Gasteiger partial charge in [0.15, 0.2) is 0 Å². The number of ether oxygens (including phenoxy) is 1. The van der Waals surface area contributed by atoms with E-state index >= 15 is 0 Å². The van der Waals surface area contributed by atoms with Gasteiger partial charge in [-0.15, -0.1) is 0 Å². The Balaban J connectivity index is 2.02. The fourth-order valence-electron chi connectivity index (χ4n) is 2.80. The van der Waals surface area contributed by atoms with Crippen LogP contribution >= 0.6 is 15.9 Å². The normalized spacial score (nSPS) is 19.2. The van der Waals surface area contributed by atoms with Crippen LogP contribution in [0, 0.1) is 0 Å². The molecule has 0 N–H and O–H groups in total. The highest BCUT2D eigenvalue weighted by molar-refractivity contribution is 9.10. The van der Waals surface area contributed by atoms with Crippen molar-refractivity contribution in [1.82, 2.24) is 4.57 Å². The van der Waals surface area contributed by atoms with Gasteiger partial charge in [-0.2, -0.15) is 0 Å². The smallest absolute Gasteiger partial charge is 0.443 e. The van der Waals surface area contributed by atoms with Crippen LogP contribution in [-0.4, -0.2) is 34.6 Å². The largest absolute Gasteiger partial charge is 0.494 e. The summed E-state index contributed by atoms with van der Waals surface area (Å²) in [4.78, 5) is 12.5. The molecule has 0 bridgehead atoms. The average Bonchev–Trinajstić information content (AvgIpc) is 2.96. The zero-order valence-corrected chi connectivity index (χ0v) is 17.9. The van der Waals surface area contributed by atoms with Crippen LogP contribution in [0.5, 0.6) is 0 Å². The number of aromatic nitrogens is 1. The van der Waals surface area contributed by atoms with E-state index in [9.17, 15) is 4.79 Å². The van der Waals surface area contributed by atoms with E-state index in [1.807, 2.05) is 66.7 Å². The van der Waals surface area contributed by atoms with Crippen molar-refractivity contribution < 1.29 is 18.8 Å². The second kappa shape index (κ2) is 6.11. The minimum atomic E-state index is -0.561. The lowest BCUT2D eigenvalue weighted by atomic mass is 9.79. The van der Waals surface area contributed by atoms with Gasteiger partial charge in [-0.3, -0.25) is 4.57 Å². The summed E-state index contributed by atoms with van der Waals surface area (Å²) >= 11 is 3.60. The Morgan fingerprint density at radius 3 is 2.27 bits per heavy atom. The second-order valence-electron chi connectivity index (χ2n) is 8.69. The van der Waals surface area contributed by atoms with E-state index in [2.05, 4.69) is 15.9 Å². The van der Waals surface area contributed by atoms with Crippen LogP contribution < -0.4 is 5.46 Å². The minimum absolute atomic E-state index is 0.412. The molecule has 0 atom stereocenters. The molecular formula is C19H25BBrNO4. The maximum Gasteiger partial charge on any atom is 0.494 e. The molecule has 140 valence electrons. The summed E-state index contributed by atoms with van der Waals surface area (Å²) in [6.07, 6.45) is 1.31. The Hall–Kier alpha value is -1.31. The first-order valence-electron chi connectivity index (χ1n) is 8.70. The molecule has 1 saturated heterocycles. The van der Waals surface area contributed by atoms with Gasteiger partial charge >= 0.3 is 13.2 Å². The van der Waals surface area contributed by atoms with Crippen molar-refractivity contribution in [2.45, 2.75) is 65.3 Å². The van der Waals surface area contributed by atoms with Gasteiger partial charge < -0.3 is 14.0 Å². The Labute approximate surface area is 163 Å². The monoisotopic (exact) mass is 421 g/mol. The summed E-state index contributed by atoms with van der Waals surface area (Å²) in [7, 11) is -0.498. The van der Waals surface area contributed by atoms with Gasteiger partial charge in [-0.1, -0.05) is 15.9 Å². The van der Waals surface area contributed by atoms with Gasteiger partial charge in [-0.25, -0.2) is 4.79 Å². The fourth-order valence-corrected chi connectivity index (χ4v) is 3.40. The fraction of sp³-hybridized carbons (Fsp3) is 0.526. The molecular weight excluding hydrogens is 397 g/mol. The summed E-state index contributed by atoms with van der Waals surface area (Å²) in [6.45, 7) is 13.6. The van der Waals surface area contributed by atoms with Crippen molar-refractivity contribution in [3.8, 4) is 0 Å². The molecule has 2 aromatic rings. The molecule has 0 saturated carbocycles.